The lowest BCUT2D eigenvalue weighted by molar-refractivity contribution is -0.137. The van der Waals surface area contributed by atoms with Crippen LogP contribution in [0.4, 0.5) is 5.82 Å². The first kappa shape index (κ1) is 26.0. The Morgan fingerprint density at radius 2 is 2.00 bits per heavy atom. The van der Waals surface area contributed by atoms with Gasteiger partial charge < -0.3 is 15.3 Å². The average Bonchev–Trinajstić information content (AvgIpc) is 3.62. The van der Waals surface area contributed by atoms with E-state index in [2.05, 4.69) is 26.1 Å². The highest BCUT2D eigenvalue weighted by Gasteiger charge is 2.46. The van der Waals surface area contributed by atoms with Gasteiger partial charge in [-0.15, -0.1) is 0 Å². The summed E-state index contributed by atoms with van der Waals surface area (Å²) in [6, 6.07) is 13.3. The highest BCUT2D eigenvalue weighted by Crippen LogP contribution is 2.52. The fourth-order valence-electron chi connectivity index (χ4n) is 5.67. The van der Waals surface area contributed by atoms with E-state index < -0.39 is 5.97 Å². The number of halogens is 2. The lowest BCUT2D eigenvalue weighted by Gasteiger charge is -2.35. The number of carboxylic acids is 1. The summed E-state index contributed by atoms with van der Waals surface area (Å²) in [6.07, 6.45) is 5.34. The van der Waals surface area contributed by atoms with Gasteiger partial charge in [0.1, 0.15) is 5.82 Å². The number of carbonyl (C=O) groups is 2. The van der Waals surface area contributed by atoms with Crippen LogP contribution in [0.2, 0.25) is 5.02 Å². The zero-order valence-corrected chi connectivity index (χ0v) is 23.2. The molecule has 1 atom stereocenters. The van der Waals surface area contributed by atoms with Gasteiger partial charge in [0.25, 0.3) is 5.91 Å². The number of aliphatic carboxylic acids is 1. The number of amides is 1. The Morgan fingerprint density at radius 3 is 2.73 bits per heavy atom. The molecule has 1 aromatic heterocycles. The lowest BCUT2D eigenvalue weighted by atomic mass is 9.93. The number of hydrogen-bond donors (Lipinski definition) is 2. The van der Waals surface area contributed by atoms with Crippen molar-refractivity contribution in [3.63, 3.8) is 0 Å². The van der Waals surface area contributed by atoms with Crippen molar-refractivity contribution in [1.82, 2.24) is 10.3 Å². The molecule has 194 valence electrons. The maximum absolute atomic E-state index is 13.8. The number of nitrogens with one attached hydrogen (secondary N) is 1. The molecule has 1 aliphatic carbocycles. The Morgan fingerprint density at radius 1 is 1.22 bits per heavy atom. The third-order valence-corrected chi connectivity index (χ3v) is 8.71. The molecule has 2 heterocycles. The van der Waals surface area contributed by atoms with Crippen LogP contribution in [0.15, 0.2) is 46.9 Å². The number of hydrogen-bond acceptors (Lipinski definition) is 4. The molecule has 3 aromatic rings. The van der Waals surface area contributed by atoms with Gasteiger partial charge in [0.05, 0.1) is 11.1 Å². The number of carbonyl (C=O) groups excluding carboxylic acids is 1. The fourth-order valence-corrected chi connectivity index (χ4v) is 6.32. The summed E-state index contributed by atoms with van der Waals surface area (Å²) in [7, 11) is 0. The van der Waals surface area contributed by atoms with Gasteiger partial charge in [-0.2, -0.15) is 0 Å². The highest BCUT2D eigenvalue weighted by molar-refractivity contribution is 9.10. The van der Waals surface area contributed by atoms with Gasteiger partial charge in [-0.3, -0.25) is 9.59 Å². The van der Waals surface area contributed by atoms with Crippen LogP contribution in [0.3, 0.4) is 0 Å². The van der Waals surface area contributed by atoms with Crippen molar-refractivity contribution in [2.24, 2.45) is 5.41 Å². The second-order valence-electron chi connectivity index (χ2n) is 10.5. The topological polar surface area (TPSA) is 82.5 Å². The number of carboxylic acid groups (broad SMARTS) is 1. The van der Waals surface area contributed by atoms with Crippen LogP contribution >= 0.6 is 27.5 Å². The van der Waals surface area contributed by atoms with E-state index in [0.29, 0.717) is 22.4 Å². The van der Waals surface area contributed by atoms with Gasteiger partial charge >= 0.3 is 5.97 Å². The molecule has 1 amide bonds. The summed E-state index contributed by atoms with van der Waals surface area (Å²) in [5, 5.41) is 13.8. The van der Waals surface area contributed by atoms with E-state index in [1.165, 1.54) is 19.3 Å². The first-order valence-electron chi connectivity index (χ1n) is 12.9. The molecule has 8 heteroatoms. The maximum Gasteiger partial charge on any atom is 0.303 e. The summed E-state index contributed by atoms with van der Waals surface area (Å²) in [4.78, 5) is 32.5. The Balaban J connectivity index is 1.47. The second-order valence-corrected chi connectivity index (χ2v) is 11.8. The van der Waals surface area contributed by atoms with Crippen molar-refractivity contribution in [2.45, 2.75) is 51.4 Å². The summed E-state index contributed by atoms with van der Waals surface area (Å²) in [5.74, 6) is -0.386. The second kappa shape index (κ2) is 10.6. The van der Waals surface area contributed by atoms with Crippen LogP contribution in [0, 0.1) is 12.3 Å². The number of pyridine rings is 1. The standard InChI is InChI=1S/C29H31BrClN3O3/c1-18-26(28(37)32-16-19(7-10-25(35)36)21-5-2-3-6-23(21)31)22-15-20(30)8-9-24(22)33-27(18)34-14-4-11-29(17-34)12-13-29/h2-3,5-6,8-9,15,19H,4,7,10-14,16-17H2,1H3,(H,32,37)(H,35,36). The third-order valence-electron chi connectivity index (χ3n) is 7.87. The van der Waals surface area contributed by atoms with E-state index >= 15 is 0 Å². The summed E-state index contributed by atoms with van der Waals surface area (Å²) in [6.45, 7) is 4.22. The van der Waals surface area contributed by atoms with Gasteiger partial charge in [-0.1, -0.05) is 45.7 Å². The quantitative estimate of drug-likeness (QED) is 0.307. The number of fused-ring (bicyclic) bond motifs is 1. The zero-order valence-electron chi connectivity index (χ0n) is 20.9. The molecule has 2 aromatic carbocycles. The molecule has 1 saturated heterocycles. The molecule has 1 unspecified atom stereocenters. The molecule has 0 bridgehead atoms. The minimum atomic E-state index is -0.871. The largest absolute Gasteiger partial charge is 0.481 e. The Kier molecular flexibility index (Phi) is 7.46. The SMILES string of the molecule is Cc1c(N2CCCC3(CC3)C2)nc2ccc(Br)cc2c1C(=O)NCC(CCC(=O)O)c1ccccc1Cl. The van der Waals surface area contributed by atoms with Crippen molar-refractivity contribution in [2.75, 3.05) is 24.5 Å². The number of piperidine rings is 1. The maximum atomic E-state index is 13.8. The van der Waals surface area contributed by atoms with Crippen LogP contribution in [-0.4, -0.2) is 41.6 Å². The van der Waals surface area contributed by atoms with Crippen LogP contribution in [0.1, 0.15) is 65.9 Å². The summed E-state index contributed by atoms with van der Waals surface area (Å²) in [5.41, 5.74) is 3.55. The molecule has 37 heavy (non-hydrogen) atoms. The lowest BCUT2D eigenvalue weighted by Crippen LogP contribution is -2.38. The van der Waals surface area contributed by atoms with E-state index in [9.17, 15) is 14.7 Å². The summed E-state index contributed by atoms with van der Waals surface area (Å²) >= 11 is 10.00. The number of nitrogens with zero attached hydrogens (tertiary/aromatic N) is 2. The molecule has 2 fully saturated rings. The van der Waals surface area contributed by atoms with Crippen LogP contribution in [0.5, 0.6) is 0 Å². The van der Waals surface area contributed by atoms with Crippen molar-refractivity contribution in [1.29, 1.82) is 0 Å². The van der Waals surface area contributed by atoms with Crippen LogP contribution < -0.4 is 10.2 Å². The molecular weight excluding hydrogens is 554 g/mol. The zero-order chi connectivity index (χ0) is 26.2. The van der Waals surface area contributed by atoms with Crippen molar-refractivity contribution in [3.05, 3.63) is 68.7 Å². The molecule has 2 aliphatic rings. The van der Waals surface area contributed by atoms with Crippen LogP contribution in [-0.2, 0) is 4.79 Å². The first-order valence-corrected chi connectivity index (χ1v) is 14.0. The first-order chi connectivity index (χ1) is 17.8. The molecular formula is C29H31BrClN3O3. The molecule has 1 spiro atoms. The Labute approximate surface area is 230 Å². The smallest absolute Gasteiger partial charge is 0.303 e. The summed E-state index contributed by atoms with van der Waals surface area (Å²) < 4.78 is 0.883. The van der Waals surface area contributed by atoms with Gasteiger partial charge in [0.2, 0.25) is 0 Å². The van der Waals surface area contributed by atoms with Gasteiger partial charge in [-0.25, -0.2) is 4.98 Å². The Hall–Kier alpha value is -2.64. The third kappa shape index (κ3) is 5.63. The minimum absolute atomic E-state index is 0.00319. The monoisotopic (exact) mass is 583 g/mol. The number of aromatic nitrogens is 1. The predicted octanol–water partition coefficient (Wildman–Crippen LogP) is 6.72. The van der Waals surface area contributed by atoms with Crippen molar-refractivity contribution < 1.29 is 14.7 Å². The van der Waals surface area contributed by atoms with Gasteiger partial charge in [0, 0.05) is 52.4 Å². The normalized spacial score (nSPS) is 17.1. The van der Waals surface area contributed by atoms with Crippen molar-refractivity contribution in [3.8, 4) is 0 Å². The predicted molar refractivity (Wildman–Crippen MR) is 151 cm³/mol. The minimum Gasteiger partial charge on any atom is -0.481 e. The molecule has 0 radical (unpaired) electrons. The fraction of sp³-hybridized carbons (Fsp3) is 0.414. The highest BCUT2D eigenvalue weighted by atomic mass is 79.9. The molecule has 1 aliphatic heterocycles. The van der Waals surface area contributed by atoms with E-state index in [1.54, 1.807) is 6.07 Å². The number of benzene rings is 2. The Bertz CT molecular complexity index is 1360. The molecule has 5 rings (SSSR count). The van der Waals surface area contributed by atoms with Gasteiger partial charge in [0.15, 0.2) is 0 Å². The van der Waals surface area contributed by atoms with E-state index in [4.69, 9.17) is 16.6 Å². The average molecular weight is 585 g/mol. The molecule has 1 saturated carbocycles. The number of rotatable bonds is 8. The van der Waals surface area contributed by atoms with Crippen molar-refractivity contribution >= 4 is 56.1 Å². The van der Waals surface area contributed by atoms with Crippen LogP contribution in [0.25, 0.3) is 10.9 Å². The van der Waals surface area contributed by atoms with Gasteiger partial charge in [-0.05, 0) is 74.3 Å². The molecule has 2 N–H and O–H groups in total. The van der Waals surface area contributed by atoms with E-state index in [1.807, 2.05) is 43.3 Å². The van der Waals surface area contributed by atoms with E-state index in [0.717, 1.165) is 51.8 Å². The van der Waals surface area contributed by atoms with E-state index in [-0.39, 0.29) is 24.8 Å². The number of anilines is 1. The molecule has 6 nitrogen and oxygen atoms in total.